The maximum absolute atomic E-state index is 8.59. The summed E-state index contributed by atoms with van der Waals surface area (Å²) < 4.78 is 15.9. The van der Waals surface area contributed by atoms with E-state index < -0.39 is 0 Å². The fraction of sp³-hybridized carbons (Fsp3) is 0.562. The first-order valence-electron chi connectivity index (χ1n) is 7.22. The van der Waals surface area contributed by atoms with Crippen molar-refractivity contribution in [1.29, 1.82) is 0 Å². The van der Waals surface area contributed by atoms with Crippen molar-refractivity contribution in [2.75, 3.05) is 33.5 Å². The van der Waals surface area contributed by atoms with Crippen LogP contribution in [-0.4, -0.2) is 44.5 Å². The fourth-order valence-electron chi connectivity index (χ4n) is 1.75. The van der Waals surface area contributed by atoms with Gasteiger partial charge in [0.1, 0.15) is 12.4 Å². The highest BCUT2D eigenvalue weighted by molar-refractivity contribution is 5.81. The SMILES string of the molecule is COCCCOCCOc1ccc(CC/C(C)=N/O)cc1. The molecule has 1 rings (SSSR count). The molecule has 0 aromatic heterocycles. The van der Waals surface area contributed by atoms with Crippen molar-refractivity contribution in [1.82, 2.24) is 0 Å². The molecule has 0 aliphatic rings. The van der Waals surface area contributed by atoms with Crippen molar-refractivity contribution >= 4 is 5.71 Å². The molecule has 0 spiro atoms. The van der Waals surface area contributed by atoms with Crippen molar-refractivity contribution in [3.05, 3.63) is 29.8 Å². The van der Waals surface area contributed by atoms with Crippen LogP contribution in [0.2, 0.25) is 0 Å². The quantitative estimate of drug-likeness (QED) is 0.295. The van der Waals surface area contributed by atoms with Gasteiger partial charge in [-0.1, -0.05) is 17.3 Å². The highest BCUT2D eigenvalue weighted by Crippen LogP contribution is 2.13. The Morgan fingerprint density at radius 1 is 1.10 bits per heavy atom. The van der Waals surface area contributed by atoms with Crippen LogP contribution in [0.3, 0.4) is 0 Å². The Labute approximate surface area is 126 Å². The number of oxime groups is 1. The predicted octanol–water partition coefficient (Wildman–Crippen LogP) is 2.90. The van der Waals surface area contributed by atoms with E-state index in [0.29, 0.717) is 19.8 Å². The molecule has 0 unspecified atom stereocenters. The summed E-state index contributed by atoms with van der Waals surface area (Å²) >= 11 is 0. The second kappa shape index (κ2) is 11.1. The molecule has 0 atom stereocenters. The minimum atomic E-state index is 0.544. The van der Waals surface area contributed by atoms with Crippen LogP contribution < -0.4 is 4.74 Å². The van der Waals surface area contributed by atoms with Gasteiger partial charge in [0.15, 0.2) is 0 Å². The lowest BCUT2D eigenvalue weighted by Crippen LogP contribution is -2.08. The van der Waals surface area contributed by atoms with Crippen LogP contribution in [0.15, 0.2) is 29.4 Å². The summed E-state index contributed by atoms with van der Waals surface area (Å²) in [6.45, 7) is 4.36. The minimum absolute atomic E-state index is 0.544. The average Bonchev–Trinajstić information content (AvgIpc) is 2.52. The van der Waals surface area contributed by atoms with Gasteiger partial charge < -0.3 is 19.4 Å². The zero-order valence-electron chi connectivity index (χ0n) is 12.9. The van der Waals surface area contributed by atoms with E-state index in [4.69, 9.17) is 19.4 Å². The first kappa shape index (κ1) is 17.5. The Morgan fingerprint density at radius 2 is 1.86 bits per heavy atom. The van der Waals surface area contributed by atoms with Crippen LogP contribution in [-0.2, 0) is 15.9 Å². The minimum Gasteiger partial charge on any atom is -0.491 e. The molecule has 0 saturated heterocycles. The number of rotatable bonds is 11. The Morgan fingerprint density at radius 3 is 2.52 bits per heavy atom. The third kappa shape index (κ3) is 8.32. The molecule has 0 saturated carbocycles. The zero-order valence-corrected chi connectivity index (χ0v) is 12.9. The average molecular weight is 295 g/mol. The molecule has 0 aliphatic heterocycles. The summed E-state index contributed by atoms with van der Waals surface area (Å²) in [4.78, 5) is 0. The Balaban J connectivity index is 2.16. The Kier molecular flexibility index (Phi) is 9.24. The van der Waals surface area contributed by atoms with Gasteiger partial charge in [0.25, 0.3) is 0 Å². The van der Waals surface area contributed by atoms with E-state index >= 15 is 0 Å². The lowest BCUT2D eigenvalue weighted by atomic mass is 10.1. The van der Waals surface area contributed by atoms with Crippen LogP contribution >= 0.6 is 0 Å². The lowest BCUT2D eigenvalue weighted by Gasteiger charge is -2.08. The third-order valence-electron chi connectivity index (χ3n) is 3.00. The van der Waals surface area contributed by atoms with Gasteiger partial charge in [0.05, 0.1) is 12.3 Å². The summed E-state index contributed by atoms with van der Waals surface area (Å²) in [5, 5.41) is 11.8. The number of ether oxygens (including phenoxy) is 3. The molecular weight excluding hydrogens is 270 g/mol. The third-order valence-corrected chi connectivity index (χ3v) is 3.00. The molecule has 1 aromatic rings. The van der Waals surface area contributed by atoms with Gasteiger partial charge in [-0.05, 0) is 43.9 Å². The number of hydrogen-bond acceptors (Lipinski definition) is 5. The molecule has 0 fully saturated rings. The molecule has 118 valence electrons. The summed E-state index contributed by atoms with van der Waals surface area (Å²) in [7, 11) is 1.69. The molecule has 0 bridgehead atoms. The Hall–Kier alpha value is -1.59. The van der Waals surface area contributed by atoms with E-state index in [-0.39, 0.29) is 0 Å². The van der Waals surface area contributed by atoms with E-state index in [2.05, 4.69) is 5.16 Å². The van der Waals surface area contributed by atoms with Crippen LogP contribution in [0.1, 0.15) is 25.3 Å². The molecule has 0 radical (unpaired) electrons. The first-order valence-corrected chi connectivity index (χ1v) is 7.22. The normalized spacial score (nSPS) is 11.6. The van der Waals surface area contributed by atoms with E-state index in [1.807, 2.05) is 31.2 Å². The van der Waals surface area contributed by atoms with Crippen molar-refractivity contribution in [3.63, 3.8) is 0 Å². The first-order chi connectivity index (χ1) is 10.3. The van der Waals surface area contributed by atoms with E-state index in [9.17, 15) is 0 Å². The van der Waals surface area contributed by atoms with E-state index in [1.165, 1.54) is 5.56 Å². The van der Waals surface area contributed by atoms with Crippen molar-refractivity contribution in [2.45, 2.75) is 26.2 Å². The van der Waals surface area contributed by atoms with Gasteiger partial charge >= 0.3 is 0 Å². The standard InChI is InChI=1S/C16H25NO4/c1-14(17-18)4-5-15-6-8-16(9-7-15)21-13-12-20-11-3-10-19-2/h6-9,18H,3-5,10-13H2,1-2H3/b17-14+. The fourth-order valence-corrected chi connectivity index (χ4v) is 1.75. The van der Waals surface area contributed by atoms with Crippen LogP contribution in [0.5, 0.6) is 5.75 Å². The zero-order chi connectivity index (χ0) is 15.3. The number of nitrogens with zero attached hydrogens (tertiary/aromatic N) is 1. The van der Waals surface area contributed by atoms with Gasteiger partial charge in [0, 0.05) is 20.3 Å². The molecule has 0 heterocycles. The van der Waals surface area contributed by atoms with Gasteiger partial charge in [-0.2, -0.15) is 0 Å². The largest absolute Gasteiger partial charge is 0.491 e. The van der Waals surface area contributed by atoms with Gasteiger partial charge in [-0.3, -0.25) is 0 Å². The number of benzene rings is 1. The van der Waals surface area contributed by atoms with Crippen molar-refractivity contribution < 1.29 is 19.4 Å². The highest BCUT2D eigenvalue weighted by Gasteiger charge is 1.98. The summed E-state index contributed by atoms with van der Waals surface area (Å²) in [5.74, 6) is 0.840. The number of aryl methyl sites for hydroxylation is 1. The van der Waals surface area contributed by atoms with Gasteiger partial charge in [0.2, 0.25) is 0 Å². The molecule has 0 aliphatic carbocycles. The Bertz CT molecular complexity index is 403. The van der Waals surface area contributed by atoms with Crippen molar-refractivity contribution in [3.8, 4) is 5.75 Å². The van der Waals surface area contributed by atoms with E-state index in [1.54, 1.807) is 7.11 Å². The van der Waals surface area contributed by atoms with E-state index in [0.717, 1.165) is 37.3 Å². The monoisotopic (exact) mass is 295 g/mol. The van der Waals surface area contributed by atoms with Crippen LogP contribution in [0.4, 0.5) is 0 Å². The maximum Gasteiger partial charge on any atom is 0.119 e. The number of hydrogen-bond donors (Lipinski definition) is 1. The van der Waals surface area contributed by atoms with Crippen molar-refractivity contribution in [2.24, 2.45) is 5.16 Å². The molecule has 1 N–H and O–H groups in total. The summed E-state index contributed by atoms with van der Waals surface area (Å²) in [5.41, 5.74) is 1.93. The van der Waals surface area contributed by atoms with Crippen LogP contribution in [0.25, 0.3) is 0 Å². The lowest BCUT2D eigenvalue weighted by molar-refractivity contribution is 0.0806. The summed E-state index contributed by atoms with van der Waals surface area (Å²) in [6.07, 6.45) is 2.52. The second-order valence-electron chi connectivity index (χ2n) is 4.79. The predicted molar refractivity (Wildman–Crippen MR) is 82.5 cm³/mol. The molecule has 5 heteroatoms. The number of methoxy groups -OCH3 is 1. The maximum atomic E-state index is 8.59. The molecule has 1 aromatic carbocycles. The van der Waals surface area contributed by atoms with Crippen LogP contribution in [0, 0.1) is 0 Å². The van der Waals surface area contributed by atoms with Gasteiger partial charge in [-0.15, -0.1) is 0 Å². The smallest absolute Gasteiger partial charge is 0.119 e. The second-order valence-corrected chi connectivity index (χ2v) is 4.79. The molecular formula is C16H25NO4. The van der Waals surface area contributed by atoms with Gasteiger partial charge in [-0.25, -0.2) is 0 Å². The topological polar surface area (TPSA) is 60.3 Å². The molecule has 21 heavy (non-hydrogen) atoms. The molecule has 5 nitrogen and oxygen atoms in total. The molecule has 0 amide bonds. The highest BCUT2D eigenvalue weighted by atomic mass is 16.5. The summed E-state index contributed by atoms with van der Waals surface area (Å²) in [6, 6.07) is 7.95.